The normalized spacial score (nSPS) is 11.5. The predicted octanol–water partition coefficient (Wildman–Crippen LogP) is 1.63. The molecule has 1 N–H and O–H groups in total. The Balaban J connectivity index is 3.87. The van der Waals surface area contributed by atoms with Gasteiger partial charge in [-0.05, 0) is 27.2 Å². The van der Waals surface area contributed by atoms with Crippen molar-refractivity contribution in [3.8, 4) is 0 Å². The van der Waals surface area contributed by atoms with Crippen LogP contribution in [0.4, 0.5) is 0 Å². The van der Waals surface area contributed by atoms with Crippen molar-refractivity contribution in [2.24, 2.45) is 0 Å². The van der Waals surface area contributed by atoms with Crippen molar-refractivity contribution in [3.05, 3.63) is 0 Å². The zero-order valence-corrected chi connectivity index (χ0v) is 10.2. The lowest BCUT2D eigenvalue weighted by atomic mass is 9.99. The minimum atomic E-state index is 0.0684. The quantitative estimate of drug-likeness (QED) is 0.707. The molecule has 1 amide bonds. The molecule has 14 heavy (non-hydrogen) atoms. The molecular formula is C11H24N2O. The third-order valence-electron chi connectivity index (χ3n) is 2.49. The second-order valence-electron chi connectivity index (χ2n) is 4.40. The summed E-state index contributed by atoms with van der Waals surface area (Å²) in [5.41, 5.74) is 0.0684. The minimum Gasteiger partial charge on any atom is -0.345 e. The molecule has 0 aromatic heterocycles. The number of nitrogens with one attached hydrogen (secondary N) is 1. The highest BCUT2D eigenvalue weighted by Gasteiger charge is 2.17. The summed E-state index contributed by atoms with van der Waals surface area (Å²) in [5.74, 6) is 0.164. The molecule has 0 bridgehead atoms. The Morgan fingerprint density at radius 3 is 2.36 bits per heavy atom. The average Bonchev–Trinajstić information content (AvgIpc) is 2.13. The smallest absolute Gasteiger partial charge is 0.236 e. The Morgan fingerprint density at radius 1 is 1.36 bits per heavy atom. The van der Waals surface area contributed by atoms with Crippen LogP contribution in [0.2, 0.25) is 0 Å². The molecule has 0 aromatic carbocycles. The topological polar surface area (TPSA) is 32.3 Å². The molecule has 0 spiro atoms. The Morgan fingerprint density at radius 2 is 1.93 bits per heavy atom. The van der Waals surface area contributed by atoms with Crippen LogP contribution in [0, 0.1) is 0 Å². The van der Waals surface area contributed by atoms with Crippen molar-refractivity contribution in [1.82, 2.24) is 10.2 Å². The fourth-order valence-corrected chi connectivity index (χ4v) is 1.34. The van der Waals surface area contributed by atoms with E-state index >= 15 is 0 Å². The summed E-state index contributed by atoms with van der Waals surface area (Å²) in [6, 6.07) is 0. The van der Waals surface area contributed by atoms with E-state index in [0.29, 0.717) is 6.54 Å². The predicted molar refractivity (Wildman–Crippen MR) is 60.3 cm³/mol. The van der Waals surface area contributed by atoms with Crippen molar-refractivity contribution in [1.29, 1.82) is 0 Å². The third kappa shape index (κ3) is 5.22. The summed E-state index contributed by atoms with van der Waals surface area (Å²) >= 11 is 0. The van der Waals surface area contributed by atoms with E-state index in [9.17, 15) is 4.79 Å². The van der Waals surface area contributed by atoms with Gasteiger partial charge in [-0.1, -0.05) is 13.3 Å². The molecule has 0 unspecified atom stereocenters. The molecule has 0 aliphatic rings. The fraction of sp³-hybridized carbons (Fsp3) is 0.909. The molecule has 0 aliphatic carbocycles. The molecule has 0 heterocycles. The molecule has 3 nitrogen and oxygen atoms in total. The number of carbonyl (C=O) groups excluding carboxylic acids is 1. The van der Waals surface area contributed by atoms with E-state index in [1.165, 1.54) is 0 Å². The van der Waals surface area contributed by atoms with E-state index in [1.807, 2.05) is 14.0 Å². The first-order valence-electron chi connectivity index (χ1n) is 5.42. The highest BCUT2D eigenvalue weighted by Crippen LogP contribution is 2.09. The molecule has 84 valence electrons. The van der Waals surface area contributed by atoms with Gasteiger partial charge in [-0.3, -0.25) is 4.79 Å². The average molecular weight is 200 g/mol. The molecule has 0 fully saturated rings. The van der Waals surface area contributed by atoms with Gasteiger partial charge in [0.15, 0.2) is 0 Å². The van der Waals surface area contributed by atoms with Crippen molar-refractivity contribution < 1.29 is 4.79 Å². The van der Waals surface area contributed by atoms with Crippen LogP contribution in [-0.4, -0.2) is 36.5 Å². The molecule has 3 heteroatoms. The van der Waals surface area contributed by atoms with Gasteiger partial charge in [0.05, 0.1) is 6.54 Å². The van der Waals surface area contributed by atoms with E-state index in [-0.39, 0.29) is 11.4 Å². The van der Waals surface area contributed by atoms with E-state index in [1.54, 1.807) is 4.90 Å². The lowest BCUT2D eigenvalue weighted by Gasteiger charge is -2.26. The van der Waals surface area contributed by atoms with Gasteiger partial charge in [-0.25, -0.2) is 0 Å². The van der Waals surface area contributed by atoms with Gasteiger partial charge in [0.1, 0.15) is 0 Å². The van der Waals surface area contributed by atoms with Gasteiger partial charge in [-0.2, -0.15) is 0 Å². The Kier molecular flexibility index (Phi) is 5.77. The van der Waals surface area contributed by atoms with Gasteiger partial charge in [0, 0.05) is 19.1 Å². The summed E-state index contributed by atoms with van der Waals surface area (Å²) in [6.07, 6.45) is 2.23. The number of hydrogen-bond donors (Lipinski definition) is 1. The van der Waals surface area contributed by atoms with E-state index < -0.39 is 0 Å². The van der Waals surface area contributed by atoms with Gasteiger partial charge >= 0.3 is 0 Å². The minimum absolute atomic E-state index is 0.0684. The zero-order valence-electron chi connectivity index (χ0n) is 10.2. The highest BCUT2D eigenvalue weighted by molar-refractivity contribution is 5.77. The Hall–Kier alpha value is -0.570. The van der Waals surface area contributed by atoms with E-state index in [4.69, 9.17) is 0 Å². The summed E-state index contributed by atoms with van der Waals surface area (Å²) in [5, 5.41) is 3.28. The molecule has 0 aromatic rings. The van der Waals surface area contributed by atoms with Gasteiger partial charge in [-0.15, -0.1) is 0 Å². The molecule has 0 saturated carbocycles. The van der Waals surface area contributed by atoms with Crippen LogP contribution >= 0.6 is 0 Å². The molecule has 0 saturated heterocycles. The number of likely N-dealkylation sites (N-methyl/N-ethyl adjacent to an activating group) is 1. The lowest BCUT2D eigenvalue weighted by molar-refractivity contribution is -0.129. The van der Waals surface area contributed by atoms with Crippen LogP contribution in [0.5, 0.6) is 0 Å². The summed E-state index contributed by atoms with van der Waals surface area (Å²) in [4.78, 5) is 13.2. The largest absolute Gasteiger partial charge is 0.345 e. The molecule has 0 radical (unpaired) electrons. The van der Waals surface area contributed by atoms with Gasteiger partial charge in [0.25, 0.3) is 0 Å². The maximum absolute atomic E-state index is 11.5. The van der Waals surface area contributed by atoms with Crippen LogP contribution in [0.1, 0.15) is 40.5 Å². The van der Waals surface area contributed by atoms with Crippen molar-refractivity contribution in [3.63, 3.8) is 0 Å². The monoisotopic (exact) mass is 200 g/mol. The second kappa shape index (κ2) is 6.02. The van der Waals surface area contributed by atoms with Gasteiger partial charge < -0.3 is 10.2 Å². The Labute approximate surface area is 87.9 Å². The maximum Gasteiger partial charge on any atom is 0.236 e. The lowest BCUT2D eigenvalue weighted by Crippen LogP contribution is -2.45. The van der Waals surface area contributed by atoms with Crippen molar-refractivity contribution in [2.75, 3.05) is 20.1 Å². The first-order chi connectivity index (χ1) is 6.43. The Bertz CT molecular complexity index is 178. The summed E-state index contributed by atoms with van der Waals surface area (Å²) in [6.45, 7) is 9.62. The highest BCUT2D eigenvalue weighted by atomic mass is 16.2. The third-order valence-corrected chi connectivity index (χ3v) is 2.49. The molecular weight excluding hydrogens is 176 g/mol. The van der Waals surface area contributed by atoms with Gasteiger partial charge in [0.2, 0.25) is 5.91 Å². The maximum atomic E-state index is 11.5. The van der Waals surface area contributed by atoms with Crippen LogP contribution in [-0.2, 0) is 4.79 Å². The molecule has 0 atom stereocenters. The summed E-state index contributed by atoms with van der Waals surface area (Å²) < 4.78 is 0. The fourth-order valence-electron chi connectivity index (χ4n) is 1.34. The second-order valence-corrected chi connectivity index (χ2v) is 4.40. The molecule has 0 rings (SSSR count). The standard InChI is InChI=1S/C11H24N2O/c1-6-8-11(3,4)12-9-10(14)13(5)7-2/h12H,6-9H2,1-5H3. The van der Waals surface area contributed by atoms with Crippen molar-refractivity contribution >= 4 is 5.91 Å². The van der Waals surface area contributed by atoms with Crippen LogP contribution in [0.25, 0.3) is 0 Å². The zero-order chi connectivity index (χ0) is 11.2. The first-order valence-corrected chi connectivity index (χ1v) is 5.42. The first kappa shape index (κ1) is 13.4. The SMILES string of the molecule is CCCC(C)(C)NCC(=O)N(C)CC. The number of carbonyl (C=O) groups is 1. The van der Waals surface area contributed by atoms with E-state index in [2.05, 4.69) is 26.1 Å². The van der Waals surface area contributed by atoms with E-state index in [0.717, 1.165) is 19.4 Å². The number of amides is 1. The summed E-state index contributed by atoms with van der Waals surface area (Å²) in [7, 11) is 1.83. The number of hydrogen-bond acceptors (Lipinski definition) is 2. The van der Waals surface area contributed by atoms with Crippen LogP contribution in [0.15, 0.2) is 0 Å². The van der Waals surface area contributed by atoms with Crippen LogP contribution < -0.4 is 5.32 Å². The van der Waals surface area contributed by atoms with Crippen molar-refractivity contribution in [2.45, 2.75) is 46.1 Å². The van der Waals surface area contributed by atoms with Crippen LogP contribution in [0.3, 0.4) is 0 Å². The molecule has 0 aliphatic heterocycles. The number of nitrogens with zero attached hydrogens (tertiary/aromatic N) is 1. The number of rotatable bonds is 6.